The molecule has 0 fully saturated rings. The summed E-state index contributed by atoms with van der Waals surface area (Å²) in [6.45, 7) is 0. The molecule has 0 aliphatic carbocycles. The summed E-state index contributed by atoms with van der Waals surface area (Å²) in [6.07, 6.45) is -0.443. The topological polar surface area (TPSA) is 54.8 Å². The van der Waals surface area contributed by atoms with Crippen molar-refractivity contribution in [1.82, 2.24) is 9.88 Å². The lowest BCUT2D eigenvalue weighted by Gasteiger charge is -2.22. The number of rotatable bonds is 5. The molecule has 0 amide bonds. The van der Waals surface area contributed by atoms with Gasteiger partial charge in [0.15, 0.2) is 6.17 Å². The number of aliphatic imine (C=N–C) groups is 2. The predicted octanol–water partition coefficient (Wildman–Crippen LogP) is 10.8. The van der Waals surface area contributed by atoms with E-state index in [4.69, 9.17) is 14.4 Å². The molecule has 0 spiro atoms. The first kappa shape index (κ1) is 28.3. The number of hydrogen-bond donors (Lipinski definition) is 1. The zero-order chi connectivity index (χ0) is 33.0. The fourth-order valence-electron chi connectivity index (χ4n) is 7.26. The van der Waals surface area contributed by atoms with E-state index in [1.54, 1.807) is 0 Å². The van der Waals surface area contributed by atoms with Crippen LogP contribution in [0, 0.1) is 0 Å². The van der Waals surface area contributed by atoms with Gasteiger partial charge in [-0.3, -0.25) is 0 Å². The zero-order valence-corrected chi connectivity index (χ0v) is 27.0. The zero-order valence-electron chi connectivity index (χ0n) is 27.0. The molecule has 9 aromatic rings. The number of nitrogens with one attached hydrogen (secondary N) is 1. The molecule has 1 aliphatic rings. The Labute approximate surface area is 288 Å². The van der Waals surface area contributed by atoms with Crippen molar-refractivity contribution in [3.63, 3.8) is 0 Å². The van der Waals surface area contributed by atoms with Crippen molar-refractivity contribution in [2.24, 2.45) is 9.98 Å². The van der Waals surface area contributed by atoms with Gasteiger partial charge in [0, 0.05) is 43.9 Å². The van der Waals surface area contributed by atoms with Crippen molar-refractivity contribution in [3.05, 3.63) is 187 Å². The van der Waals surface area contributed by atoms with Crippen LogP contribution in [-0.2, 0) is 0 Å². The van der Waals surface area contributed by atoms with Crippen LogP contribution in [-0.4, -0.2) is 16.2 Å². The summed E-state index contributed by atoms with van der Waals surface area (Å²) < 4.78 is 8.60. The number of furan rings is 1. The Hall–Kier alpha value is -6.72. The predicted molar refractivity (Wildman–Crippen MR) is 205 cm³/mol. The van der Waals surface area contributed by atoms with Gasteiger partial charge in [0.1, 0.15) is 22.8 Å². The fraction of sp³-hybridized carbons (Fsp3) is 0.0222. The third-order valence-corrected chi connectivity index (χ3v) is 9.64. The van der Waals surface area contributed by atoms with Crippen LogP contribution in [0.2, 0.25) is 0 Å². The third kappa shape index (κ3) is 4.71. The molecule has 5 nitrogen and oxygen atoms in total. The molecule has 1 N–H and O–H groups in total. The summed E-state index contributed by atoms with van der Waals surface area (Å²) in [4.78, 5) is 10.3. The molecular weight excluding hydrogens is 613 g/mol. The van der Waals surface area contributed by atoms with E-state index in [-0.39, 0.29) is 0 Å². The number of aromatic nitrogens is 1. The highest BCUT2D eigenvalue weighted by atomic mass is 16.3. The third-order valence-electron chi connectivity index (χ3n) is 9.64. The van der Waals surface area contributed by atoms with E-state index in [0.717, 1.165) is 67.1 Å². The molecule has 0 saturated heterocycles. The van der Waals surface area contributed by atoms with E-state index in [1.165, 1.54) is 21.8 Å². The number of para-hydroxylation sites is 3. The maximum atomic E-state index is 6.24. The maximum absolute atomic E-state index is 6.24. The summed E-state index contributed by atoms with van der Waals surface area (Å²) in [5.74, 6) is 1.55. The second-order valence-corrected chi connectivity index (χ2v) is 12.7. The Bertz CT molecular complexity index is 2750. The first-order valence-corrected chi connectivity index (χ1v) is 16.9. The molecule has 1 aliphatic heterocycles. The van der Waals surface area contributed by atoms with Crippen LogP contribution in [0.4, 0.5) is 0 Å². The van der Waals surface area contributed by atoms with E-state index in [0.29, 0.717) is 0 Å². The van der Waals surface area contributed by atoms with E-state index >= 15 is 0 Å². The van der Waals surface area contributed by atoms with Crippen molar-refractivity contribution >= 4 is 55.4 Å². The Morgan fingerprint density at radius 3 is 1.80 bits per heavy atom. The van der Waals surface area contributed by atoms with Gasteiger partial charge in [0.05, 0.1) is 11.0 Å². The largest absolute Gasteiger partial charge is 0.456 e. The average molecular weight is 643 g/mol. The fourth-order valence-corrected chi connectivity index (χ4v) is 7.26. The molecule has 50 heavy (non-hydrogen) atoms. The maximum Gasteiger partial charge on any atom is 0.169 e. The van der Waals surface area contributed by atoms with Gasteiger partial charge in [-0.25, -0.2) is 9.98 Å². The monoisotopic (exact) mass is 642 g/mol. The Kier molecular flexibility index (Phi) is 6.49. The number of amidine groups is 2. The first-order chi connectivity index (χ1) is 24.8. The van der Waals surface area contributed by atoms with Crippen molar-refractivity contribution < 1.29 is 4.42 Å². The molecule has 0 radical (unpaired) electrons. The van der Waals surface area contributed by atoms with E-state index in [1.807, 2.05) is 36.4 Å². The number of fused-ring (bicyclic) bond motifs is 6. The quantitative estimate of drug-likeness (QED) is 0.203. The molecule has 1 atom stereocenters. The lowest BCUT2D eigenvalue weighted by atomic mass is 10.0. The Morgan fingerprint density at radius 1 is 0.440 bits per heavy atom. The van der Waals surface area contributed by atoms with E-state index in [9.17, 15) is 0 Å². The van der Waals surface area contributed by atoms with Gasteiger partial charge in [0.25, 0.3) is 0 Å². The van der Waals surface area contributed by atoms with Crippen LogP contribution in [0.5, 0.6) is 0 Å². The molecule has 1 unspecified atom stereocenters. The smallest absolute Gasteiger partial charge is 0.169 e. The number of benzene rings is 7. The molecular formula is C45H30N4O. The summed E-state index contributed by atoms with van der Waals surface area (Å²) in [6, 6.07) is 59.3. The highest BCUT2D eigenvalue weighted by molar-refractivity contribution is 6.16. The molecule has 0 bridgehead atoms. The molecule has 5 heteroatoms. The van der Waals surface area contributed by atoms with Crippen LogP contribution in [0.25, 0.3) is 60.6 Å². The number of nitrogens with zero attached hydrogens (tertiary/aromatic N) is 3. The van der Waals surface area contributed by atoms with Gasteiger partial charge >= 0.3 is 0 Å². The second kappa shape index (κ2) is 11.5. The summed E-state index contributed by atoms with van der Waals surface area (Å²) >= 11 is 0. The minimum Gasteiger partial charge on any atom is -0.456 e. The van der Waals surface area contributed by atoms with Crippen molar-refractivity contribution in [2.45, 2.75) is 6.17 Å². The van der Waals surface area contributed by atoms with Gasteiger partial charge in [0.2, 0.25) is 0 Å². The van der Waals surface area contributed by atoms with Gasteiger partial charge in [-0.2, -0.15) is 0 Å². The molecule has 7 aromatic carbocycles. The second-order valence-electron chi connectivity index (χ2n) is 12.7. The van der Waals surface area contributed by atoms with Crippen LogP contribution in [0.1, 0.15) is 22.9 Å². The lowest BCUT2D eigenvalue weighted by molar-refractivity contribution is 0.665. The van der Waals surface area contributed by atoms with Crippen molar-refractivity contribution in [3.8, 4) is 16.8 Å². The molecule has 236 valence electrons. The van der Waals surface area contributed by atoms with Crippen LogP contribution >= 0.6 is 0 Å². The van der Waals surface area contributed by atoms with E-state index in [2.05, 4.69) is 143 Å². The van der Waals surface area contributed by atoms with Crippen molar-refractivity contribution in [1.29, 1.82) is 0 Å². The number of hydrogen-bond acceptors (Lipinski definition) is 4. The molecule has 3 heterocycles. The summed E-state index contributed by atoms with van der Waals surface area (Å²) in [7, 11) is 0. The lowest BCUT2D eigenvalue weighted by Crippen LogP contribution is -2.36. The normalized spacial score (nSPS) is 14.6. The SMILES string of the molecule is c1ccc(C2=NC(c3ccc4c(c3)oc3ccccc34)N=C(c3cccc(-c4cccc(-n5c6ccccc6c6ccccc65)c4)c3)N2)cc1. The molecule has 10 rings (SSSR count). The van der Waals surface area contributed by atoms with Gasteiger partial charge < -0.3 is 14.3 Å². The van der Waals surface area contributed by atoms with Crippen molar-refractivity contribution in [2.75, 3.05) is 0 Å². The van der Waals surface area contributed by atoms with Crippen LogP contribution < -0.4 is 5.32 Å². The Morgan fingerprint density at radius 2 is 1.02 bits per heavy atom. The highest BCUT2D eigenvalue weighted by Crippen LogP contribution is 2.35. The molecule has 0 saturated carbocycles. The van der Waals surface area contributed by atoms with Gasteiger partial charge in [-0.1, -0.05) is 127 Å². The van der Waals surface area contributed by atoms with Crippen LogP contribution in [0.15, 0.2) is 184 Å². The minimum absolute atomic E-state index is 0.443. The first-order valence-electron chi connectivity index (χ1n) is 16.9. The van der Waals surface area contributed by atoms with Crippen LogP contribution in [0.3, 0.4) is 0 Å². The van der Waals surface area contributed by atoms with E-state index < -0.39 is 6.17 Å². The standard InChI is InChI=1S/C45H30N4O/c1-2-12-29(13-3-1)43-46-44(48-45(47-43)33-24-25-38-37-20-6-9-23-41(37)50-42(38)28-33)32-16-10-14-30(26-32)31-15-11-17-34(27-31)49-39-21-7-4-18-35(39)36-19-5-8-22-40(36)49/h1-28,45H,(H,46,47,48). The average Bonchev–Trinajstić information content (AvgIpc) is 3.74. The highest BCUT2D eigenvalue weighted by Gasteiger charge is 2.22. The van der Waals surface area contributed by atoms with Gasteiger partial charge in [-0.05, 0) is 53.6 Å². The minimum atomic E-state index is -0.443. The summed E-state index contributed by atoms with van der Waals surface area (Å²) in [5.41, 5.74) is 10.4. The Balaban J connectivity index is 1.06. The van der Waals surface area contributed by atoms with Gasteiger partial charge in [-0.15, -0.1) is 0 Å². The molecule has 2 aromatic heterocycles. The summed E-state index contributed by atoms with van der Waals surface area (Å²) in [5, 5.41) is 8.27.